The van der Waals surface area contributed by atoms with Gasteiger partial charge in [0.25, 0.3) is 0 Å². The van der Waals surface area contributed by atoms with E-state index in [0.29, 0.717) is 11.4 Å². The van der Waals surface area contributed by atoms with E-state index in [1.807, 2.05) is 109 Å². The number of anilines is 2. The molecule has 0 heterocycles. The number of carbonyl (C=O) groups excluding carboxylic acids is 2. The van der Waals surface area contributed by atoms with Crippen molar-refractivity contribution in [2.24, 2.45) is 0 Å². The van der Waals surface area contributed by atoms with Crippen molar-refractivity contribution in [2.45, 2.75) is 19.6 Å². The normalized spacial score (nSPS) is 10.3. The van der Waals surface area contributed by atoms with E-state index in [2.05, 4.69) is 10.6 Å². The van der Waals surface area contributed by atoms with Crippen LogP contribution in [0.4, 0.5) is 21.0 Å². The molecule has 6 nitrogen and oxygen atoms in total. The molecule has 4 aromatic carbocycles. The second kappa shape index (κ2) is 12.0. The fourth-order valence-electron chi connectivity index (χ4n) is 3.40. The maximum absolute atomic E-state index is 12.0. The van der Waals surface area contributed by atoms with Gasteiger partial charge in [0.15, 0.2) is 0 Å². The Morgan fingerprint density at radius 2 is 0.857 bits per heavy atom. The molecule has 0 atom stereocenters. The van der Waals surface area contributed by atoms with Crippen LogP contribution in [0.25, 0.3) is 0 Å². The van der Waals surface area contributed by atoms with Gasteiger partial charge in [-0.25, -0.2) is 9.59 Å². The molecular formula is C29H26N2O4. The fourth-order valence-corrected chi connectivity index (χ4v) is 3.40. The number of benzene rings is 4. The van der Waals surface area contributed by atoms with Crippen molar-refractivity contribution in [3.63, 3.8) is 0 Å². The molecule has 0 aliphatic carbocycles. The molecular weight excluding hydrogens is 440 g/mol. The van der Waals surface area contributed by atoms with E-state index in [-0.39, 0.29) is 13.2 Å². The smallest absolute Gasteiger partial charge is 0.411 e. The summed E-state index contributed by atoms with van der Waals surface area (Å²) < 4.78 is 10.5. The first-order valence-electron chi connectivity index (χ1n) is 11.3. The predicted octanol–water partition coefficient (Wildman–Crippen LogP) is 6.77. The Hall–Kier alpha value is -4.58. The van der Waals surface area contributed by atoms with Crippen molar-refractivity contribution in [3.05, 3.63) is 131 Å². The van der Waals surface area contributed by atoms with Crippen molar-refractivity contribution in [1.82, 2.24) is 0 Å². The number of hydrogen-bond donors (Lipinski definition) is 2. The molecule has 0 bridgehead atoms. The molecule has 0 fully saturated rings. The standard InChI is InChI=1S/C29H26N2O4/c32-28(34-20-24-7-3-1-4-8-24)30-26-15-11-22(12-16-26)19-23-13-17-27(18-14-23)31-29(33)35-21-25-9-5-2-6-10-25/h1-18H,19-21H2,(H,30,32)(H,31,33). The van der Waals surface area contributed by atoms with Gasteiger partial charge in [-0.3, -0.25) is 10.6 Å². The highest BCUT2D eigenvalue weighted by molar-refractivity contribution is 5.85. The van der Waals surface area contributed by atoms with Crippen LogP contribution in [0.15, 0.2) is 109 Å². The van der Waals surface area contributed by atoms with E-state index >= 15 is 0 Å². The van der Waals surface area contributed by atoms with E-state index in [0.717, 1.165) is 28.7 Å². The third kappa shape index (κ3) is 7.75. The minimum absolute atomic E-state index is 0.223. The van der Waals surface area contributed by atoms with Crippen molar-refractivity contribution in [3.8, 4) is 0 Å². The highest BCUT2D eigenvalue weighted by atomic mass is 16.6. The number of rotatable bonds is 8. The Bertz CT molecular complexity index is 1130. The SMILES string of the molecule is O=C(Nc1ccc(Cc2ccc(NC(=O)OCc3ccccc3)cc2)cc1)OCc1ccccc1. The Morgan fingerprint density at radius 1 is 0.486 bits per heavy atom. The van der Waals surface area contributed by atoms with E-state index in [1.54, 1.807) is 0 Å². The number of nitrogens with one attached hydrogen (secondary N) is 2. The van der Waals surface area contributed by atoms with Crippen LogP contribution in [-0.2, 0) is 29.1 Å². The van der Waals surface area contributed by atoms with Crippen LogP contribution in [0.5, 0.6) is 0 Å². The lowest BCUT2D eigenvalue weighted by Crippen LogP contribution is -2.13. The van der Waals surface area contributed by atoms with Gasteiger partial charge in [-0.15, -0.1) is 0 Å². The van der Waals surface area contributed by atoms with Crippen molar-refractivity contribution in [2.75, 3.05) is 10.6 Å². The summed E-state index contributed by atoms with van der Waals surface area (Å²) in [5, 5.41) is 5.47. The average molecular weight is 467 g/mol. The van der Waals surface area contributed by atoms with Crippen LogP contribution in [-0.4, -0.2) is 12.2 Å². The Morgan fingerprint density at radius 3 is 1.23 bits per heavy atom. The van der Waals surface area contributed by atoms with Gasteiger partial charge in [-0.1, -0.05) is 84.9 Å². The lowest BCUT2D eigenvalue weighted by atomic mass is 10.0. The molecule has 0 unspecified atom stereocenters. The van der Waals surface area contributed by atoms with E-state index in [1.165, 1.54) is 0 Å². The molecule has 4 aromatic rings. The average Bonchev–Trinajstić information content (AvgIpc) is 2.90. The van der Waals surface area contributed by atoms with Crippen LogP contribution in [0.1, 0.15) is 22.3 Å². The quantitative estimate of drug-likeness (QED) is 0.300. The summed E-state index contributed by atoms with van der Waals surface area (Å²) >= 11 is 0. The van der Waals surface area contributed by atoms with E-state index < -0.39 is 12.2 Å². The third-order valence-corrected chi connectivity index (χ3v) is 5.23. The first-order valence-corrected chi connectivity index (χ1v) is 11.3. The van der Waals surface area contributed by atoms with E-state index in [9.17, 15) is 9.59 Å². The third-order valence-electron chi connectivity index (χ3n) is 5.23. The summed E-state index contributed by atoms with van der Waals surface area (Å²) in [6.07, 6.45) is -0.267. The number of amides is 2. The fraction of sp³-hybridized carbons (Fsp3) is 0.103. The van der Waals surface area contributed by atoms with Gasteiger partial charge >= 0.3 is 12.2 Å². The van der Waals surface area contributed by atoms with Crippen molar-refractivity contribution in [1.29, 1.82) is 0 Å². The van der Waals surface area contributed by atoms with Crippen LogP contribution in [0.3, 0.4) is 0 Å². The Kier molecular flexibility index (Phi) is 8.11. The van der Waals surface area contributed by atoms with Crippen LogP contribution in [0.2, 0.25) is 0 Å². The maximum Gasteiger partial charge on any atom is 0.411 e. The van der Waals surface area contributed by atoms with Crippen LogP contribution < -0.4 is 10.6 Å². The predicted molar refractivity (Wildman–Crippen MR) is 136 cm³/mol. The first kappa shape index (κ1) is 23.6. The molecule has 0 saturated heterocycles. The van der Waals surface area contributed by atoms with Crippen molar-refractivity contribution >= 4 is 23.6 Å². The van der Waals surface area contributed by atoms with Gasteiger partial charge in [0.2, 0.25) is 0 Å². The minimum Gasteiger partial charge on any atom is -0.444 e. The molecule has 0 aliphatic rings. The lowest BCUT2D eigenvalue weighted by Gasteiger charge is -2.09. The highest BCUT2D eigenvalue weighted by Gasteiger charge is 2.06. The maximum atomic E-state index is 12.0. The molecule has 35 heavy (non-hydrogen) atoms. The summed E-state index contributed by atoms with van der Waals surface area (Å²) in [6.45, 7) is 0.445. The molecule has 0 saturated carbocycles. The van der Waals surface area contributed by atoms with Gasteiger partial charge in [-0.05, 0) is 52.9 Å². The molecule has 0 aromatic heterocycles. The largest absolute Gasteiger partial charge is 0.444 e. The molecule has 4 rings (SSSR count). The molecule has 6 heteroatoms. The highest BCUT2D eigenvalue weighted by Crippen LogP contribution is 2.17. The lowest BCUT2D eigenvalue weighted by molar-refractivity contribution is 0.154. The molecule has 0 spiro atoms. The molecule has 2 amide bonds. The Balaban J connectivity index is 1.21. The summed E-state index contributed by atoms with van der Waals surface area (Å²) in [4.78, 5) is 24.0. The summed E-state index contributed by atoms with van der Waals surface area (Å²) in [7, 11) is 0. The van der Waals surface area contributed by atoms with Gasteiger partial charge in [-0.2, -0.15) is 0 Å². The van der Waals surface area contributed by atoms with E-state index in [4.69, 9.17) is 9.47 Å². The summed E-state index contributed by atoms with van der Waals surface area (Å²) in [6, 6.07) is 34.3. The monoisotopic (exact) mass is 466 g/mol. The summed E-state index contributed by atoms with van der Waals surface area (Å²) in [5.74, 6) is 0. The van der Waals surface area contributed by atoms with Crippen molar-refractivity contribution < 1.29 is 19.1 Å². The van der Waals surface area contributed by atoms with Gasteiger partial charge in [0.1, 0.15) is 13.2 Å². The Labute approximate surface area is 204 Å². The second-order valence-corrected chi connectivity index (χ2v) is 7.94. The summed E-state index contributed by atoms with van der Waals surface area (Å²) in [5.41, 5.74) is 5.39. The molecule has 0 radical (unpaired) electrons. The van der Waals surface area contributed by atoms with Crippen LogP contribution >= 0.6 is 0 Å². The topological polar surface area (TPSA) is 76.7 Å². The second-order valence-electron chi connectivity index (χ2n) is 7.94. The number of carbonyl (C=O) groups is 2. The zero-order valence-corrected chi connectivity index (χ0v) is 19.1. The number of hydrogen-bond acceptors (Lipinski definition) is 4. The van der Waals surface area contributed by atoms with Gasteiger partial charge < -0.3 is 9.47 Å². The number of ether oxygens (including phenoxy) is 2. The van der Waals surface area contributed by atoms with Gasteiger partial charge in [0, 0.05) is 11.4 Å². The van der Waals surface area contributed by atoms with Gasteiger partial charge in [0.05, 0.1) is 0 Å². The molecule has 0 aliphatic heterocycles. The zero-order valence-electron chi connectivity index (χ0n) is 19.1. The zero-order chi connectivity index (χ0) is 24.3. The van der Waals surface area contributed by atoms with Crippen LogP contribution in [0, 0.1) is 0 Å². The first-order chi connectivity index (χ1) is 17.1. The molecule has 176 valence electrons. The molecule has 2 N–H and O–H groups in total. The minimum atomic E-state index is -0.494.